The third kappa shape index (κ3) is 4.27. The van der Waals surface area contributed by atoms with Crippen molar-refractivity contribution in [1.82, 2.24) is 9.97 Å². The van der Waals surface area contributed by atoms with E-state index in [0.29, 0.717) is 5.76 Å². The smallest absolute Gasteiger partial charge is 0.353 e. The fourth-order valence-electron chi connectivity index (χ4n) is 3.16. The van der Waals surface area contributed by atoms with Crippen LogP contribution in [0.3, 0.4) is 0 Å². The van der Waals surface area contributed by atoms with Gasteiger partial charge in [0.1, 0.15) is 12.1 Å². The summed E-state index contributed by atoms with van der Waals surface area (Å²) in [5, 5.41) is 18.1. The molecule has 0 unspecified atom stereocenters. The number of hydrogen-bond acceptors (Lipinski definition) is 7. The van der Waals surface area contributed by atoms with E-state index in [-0.39, 0.29) is 29.9 Å². The fourth-order valence-corrected chi connectivity index (χ4v) is 3.16. The Balaban J connectivity index is 1.69. The molecule has 2 N–H and O–H groups in total. The molecular weight excluding hydrogens is 382 g/mol. The highest BCUT2D eigenvalue weighted by Crippen LogP contribution is 2.34. The number of anilines is 2. The maximum absolute atomic E-state index is 11.9. The van der Waals surface area contributed by atoms with Crippen LogP contribution in [0.2, 0.25) is 0 Å². The molecule has 0 saturated carbocycles. The van der Waals surface area contributed by atoms with Gasteiger partial charge in [0.15, 0.2) is 0 Å². The Labute approximate surface area is 172 Å². The minimum atomic E-state index is -0.486. The highest BCUT2D eigenvalue weighted by atomic mass is 16.6. The summed E-state index contributed by atoms with van der Waals surface area (Å²) in [7, 11) is 0. The molecule has 0 fully saturated rings. The topological polar surface area (TPSA) is 106 Å². The molecule has 0 bridgehead atoms. The number of aromatic nitrogens is 2. The maximum atomic E-state index is 11.9. The first kappa shape index (κ1) is 19.1. The number of benzene rings is 2. The zero-order chi connectivity index (χ0) is 20.8. The van der Waals surface area contributed by atoms with Crippen LogP contribution in [0.4, 0.5) is 17.3 Å². The third-order valence-electron chi connectivity index (χ3n) is 4.56. The molecule has 8 heteroatoms. The van der Waals surface area contributed by atoms with Crippen molar-refractivity contribution in [2.24, 2.45) is 0 Å². The average Bonchev–Trinajstić information content (AvgIpc) is 3.31. The van der Waals surface area contributed by atoms with Crippen LogP contribution in [0.25, 0.3) is 0 Å². The summed E-state index contributed by atoms with van der Waals surface area (Å²) in [6.45, 7) is 0.269. The molecule has 0 aliphatic rings. The highest BCUT2D eigenvalue weighted by Gasteiger charge is 2.26. The lowest BCUT2D eigenvalue weighted by molar-refractivity contribution is -0.383. The second kappa shape index (κ2) is 8.87. The highest BCUT2D eigenvalue weighted by molar-refractivity contribution is 5.70. The van der Waals surface area contributed by atoms with Gasteiger partial charge in [0.05, 0.1) is 23.8 Å². The van der Waals surface area contributed by atoms with Crippen molar-refractivity contribution in [3.05, 3.63) is 112 Å². The molecule has 8 nitrogen and oxygen atoms in total. The van der Waals surface area contributed by atoms with Gasteiger partial charge in [0.25, 0.3) is 0 Å². The molecule has 0 saturated heterocycles. The number of furan rings is 1. The average molecular weight is 401 g/mol. The lowest BCUT2D eigenvalue weighted by Crippen LogP contribution is -2.16. The Morgan fingerprint density at radius 3 is 2.10 bits per heavy atom. The molecule has 0 atom stereocenters. The van der Waals surface area contributed by atoms with E-state index in [0.717, 1.165) is 11.1 Å². The first-order valence-corrected chi connectivity index (χ1v) is 9.34. The van der Waals surface area contributed by atoms with E-state index in [1.807, 2.05) is 60.7 Å². The van der Waals surface area contributed by atoms with E-state index < -0.39 is 4.92 Å². The van der Waals surface area contributed by atoms with Crippen LogP contribution < -0.4 is 10.6 Å². The number of rotatable bonds is 8. The van der Waals surface area contributed by atoms with E-state index >= 15 is 0 Å². The van der Waals surface area contributed by atoms with Gasteiger partial charge in [-0.15, -0.1) is 0 Å². The molecule has 30 heavy (non-hydrogen) atoms. The van der Waals surface area contributed by atoms with Gasteiger partial charge in [0.2, 0.25) is 11.6 Å². The van der Waals surface area contributed by atoms with Crippen LogP contribution in [-0.4, -0.2) is 14.9 Å². The van der Waals surface area contributed by atoms with Gasteiger partial charge < -0.3 is 15.1 Å². The number of hydrogen-bond donors (Lipinski definition) is 2. The van der Waals surface area contributed by atoms with E-state index in [4.69, 9.17) is 4.42 Å². The minimum absolute atomic E-state index is 0.119. The summed E-state index contributed by atoms with van der Waals surface area (Å²) < 4.78 is 5.27. The van der Waals surface area contributed by atoms with E-state index in [2.05, 4.69) is 20.6 Å². The second-order valence-electron chi connectivity index (χ2n) is 6.51. The zero-order valence-electron chi connectivity index (χ0n) is 15.9. The van der Waals surface area contributed by atoms with Crippen molar-refractivity contribution in [2.45, 2.75) is 12.6 Å². The summed E-state index contributed by atoms with van der Waals surface area (Å²) >= 11 is 0. The zero-order valence-corrected chi connectivity index (χ0v) is 15.9. The summed E-state index contributed by atoms with van der Waals surface area (Å²) in [5.41, 5.74) is 1.70. The van der Waals surface area contributed by atoms with Crippen LogP contribution in [-0.2, 0) is 6.54 Å². The Bertz CT molecular complexity index is 1060. The second-order valence-corrected chi connectivity index (χ2v) is 6.51. The molecule has 4 aromatic rings. The first-order chi connectivity index (χ1) is 14.7. The molecule has 0 aliphatic heterocycles. The normalized spacial score (nSPS) is 10.7. The van der Waals surface area contributed by atoms with Crippen molar-refractivity contribution in [2.75, 3.05) is 10.6 Å². The third-order valence-corrected chi connectivity index (χ3v) is 4.56. The van der Waals surface area contributed by atoms with Gasteiger partial charge in [-0.1, -0.05) is 60.7 Å². The fraction of sp³-hybridized carbons (Fsp3) is 0.0909. The van der Waals surface area contributed by atoms with Crippen molar-refractivity contribution in [3.8, 4) is 0 Å². The van der Waals surface area contributed by atoms with Crippen LogP contribution in [0.1, 0.15) is 22.9 Å². The Kier molecular flexibility index (Phi) is 5.66. The molecular formula is C22H19N5O3. The van der Waals surface area contributed by atoms with Crippen molar-refractivity contribution < 1.29 is 9.34 Å². The Hall–Kier alpha value is -4.20. The maximum Gasteiger partial charge on any atom is 0.353 e. The Morgan fingerprint density at radius 2 is 1.53 bits per heavy atom. The Morgan fingerprint density at radius 1 is 0.900 bits per heavy atom. The predicted molar refractivity (Wildman–Crippen MR) is 113 cm³/mol. The quantitative estimate of drug-likeness (QED) is 0.323. The largest absolute Gasteiger partial charge is 0.467 e. The predicted octanol–water partition coefficient (Wildman–Crippen LogP) is 4.79. The standard InChI is InChI=1S/C22H19N5O3/c28-27(29)20-21(23-14-18-12-7-13-30-18)24-15-25-22(20)26-19(16-8-3-1-4-9-16)17-10-5-2-6-11-17/h1-13,15,19H,14H2,(H2,23,24,25,26). The van der Waals surface area contributed by atoms with Gasteiger partial charge in [-0.05, 0) is 23.3 Å². The van der Waals surface area contributed by atoms with Crippen molar-refractivity contribution in [3.63, 3.8) is 0 Å². The first-order valence-electron chi connectivity index (χ1n) is 9.34. The molecule has 0 aliphatic carbocycles. The number of nitrogens with one attached hydrogen (secondary N) is 2. The van der Waals surface area contributed by atoms with Crippen molar-refractivity contribution in [1.29, 1.82) is 0 Å². The van der Waals surface area contributed by atoms with Crippen LogP contribution in [0.5, 0.6) is 0 Å². The molecule has 150 valence electrons. The van der Waals surface area contributed by atoms with Crippen LogP contribution in [0.15, 0.2) is 89.8 Å². The van der Waals surface area contributed by atoms with Crippen LogP contribution >= 0.6 is 0 Å². The van der Waals surface area contributed by atoms with Gasteiger partial charge in [0, 0.05) is 0 Å². The summed E-state index contributed by atoms with van der Waals surface area (Å²) in [6.07, 6.45) is 2.84. The van der Waals surface area contributed by atoms with Gasteiger partial charge in [-0.3, -0.25) is 10.1 Å². The molecule has 0 radical (unpaired) electrons. The molecule has 2 heterocycles. The molecule has 2 aromatic heterocycles. The van der Waals surface area contributed by atoms with Crippen LogP contribution in [0, 0.1) is 10.1 Å². The van der Waals surface area contributed by atoms with E-state index in [1.54, 1.807) is 18.4 Å². The summed E-state index contributed by atoms with van der Waals surface area (Å²) in [5.74, 6) is 0.896. The lowest BCUT2D eigenvalue weighted by Gasteiger charge is -2.20. The molecule has 0 spiro atoms. The van der Waals surface area contributed by atoms with E-state index in [1.165, 1.54) is 6.33 Å². The molecule has 2 aromatic carbocycles. The number of nitrogens with zero attached hydrogens (tertiary/aromatic N) is 3. The minimum Gasteiger partial charge on any atom is -0.467 e. The van der Waals surface area contributed by atoms with Gasteiger partial charge in [-0.25, -0.2) is 9.97 Å². The number of nitro groups is 1. The molecule has 0 amide bonds. The van der Waals surface area contributed by atoms with Crippen molar-refractivity contribution >= 4 is 17.3 Å². The lowest BCUT2D eigenvalue weighted by atomic mass is 9.99. The SMILES string of the molecule is O=[N+]([O-])c1c(NCc2ccco2)ncnc1NC(c1ccccc1)c1ccccc1. The monoisotopic (exact) mass is 401 g/mol. The summed E-state index contributed by atoms with van der Waals surface area (Å²) in [6, 6.07) is 22.6. The van der Waals surface area contributed by atoms with E-state index in [9.17, 15) is 10.1 Å². The van der Waals surface area contributed by atoms with Gasteiger partial charge in [-0.2, -0.15) is 0 Å². The summed E-state index contributed by atoms with van der Waals surface area (Å²) in [4.78, 5) is 19.6. The molecule has 4 rings (SSSR count). The van der Waals surface area contributed by atoms with Gasteiger partial charge >= 0.3 is 5.69 Å².